The zero-order valence-corrected chi connectivity index (χ0v) is 7.72. The van der Waals surface area contributed by atoms with Gasteiger partial charge in [0.05, 0.1) is 12.5 Å². The molecule has 0 fully saturated rings. The van der Waals surface area contributed by atoms with Gasteiger partial charge in [-0.15, -0.1) is 0 Å². The molecule has 0 spiro atoms. The summed E-state index contributed by atoms with van der Waals surface area (Å²) in [4.78, 5) is 11.1. The van der Waals surface area contributed by atoms with E-state index >= 15 is 0 Å². The highest BCUT2D eigenvalue weighted by molar-refractivity contribution is 5.72. The van der Waals surface area contributed by atoms with Gasteiger partial charge in [-0.05, 0) is 19.3 Å². The van der Waals surface area contributed by atoms with Gasteiger partial charge in [-0.3, -0.25) is 4.79 Å². The first-order valence-corrected chi connectivity index (χ1v) is 4.42. The van der Waals surface area contributed by atoms with Crippen LogP contribution in [-0.4, -0.2) is 12.6 Å². The topological polar surface area (TPSA) is 26.3 Å². The maximum absolute atomic E-state index is 11.1. The Morgan fingerprint density at radius 3 is 2.18 bits per heavy atom. The fraction of sp³-hybridized carbons (Fsp3) is 0.889. The Bertz CT molecular complexity index is 106. The van der Waals surface area contributed by atoms with Crippen molar-refractivity contribution in [3.63, 3.8) is 0 Å². The molecule has 0 unspecified atom stereocenters. The Hall–Kier alpha value is -0.530. The standard InChI is InChI=1S/C9H18O2/c1-4-7-11-9(10)8(5-2)6-3/h8H,4-7H2,1-3H3. The molecule has 11 heavy (non-hydrogen) atoms. The lowest BCUT2D eigenvalue weighted by Crippen LogP contribution is -2.16. The number of ether oxygens (including phenoxy) is 1. The lowest BCUT2D eigenvalue weighted by atomic mass is 10.0. The molecule has 0 N–H and O–H groups in total. The SMILES string of the molecule is CCCOC(=O)C(CC)CC. The first kappa shape index (κ1) is 10.5. The molecule has 0 amide bonds. The van der Waals surface area contributed by atoms with E-state index in [1.807, 2.05) is 20.8 Å². The highest BCUT2D eigenvalue weighted by atomic mass is 16.5. The predicted molar refractivity (Wildman–Crippen MR) is 45.3 cm³/mol. The van der Waals surface area contributed by atoms with E-state index < -0.39 is 0 Å². The normalized spacial score (nSPS) is 10.2. The number of hydrogen-bond donors (Lipinski definition) is 0. The van der Waals surface area contributed by atoms with Gasteiger partial charge in [0, 0.05) is 0 Å². The summed E-state index contributed by atoms with van der Waals surface area (Å²) in [5, 5.41) is 0. The largest absolute Gasteiger partial charge is 0.465 e. The van der Waals surface area contributed by atoms with Crippen LogP contribution in [0.4, 0.5) is 0 Å². The lowest BCUT2D eigenvalue weighted by Gasteiger charge is -2.10. The highest BCUT2D eigenvalue weighted by Gasteiger charge is 2.14. The molecule has 0 aromatic heterocycles. The summed E-state index contributed by atoms with van der Waals surface area (Å²) in [6, 6.07) is 0. The Balaban J connectivity index is 3.61. The average Bonchev–Trinajstić information content (AvgIpc) is 2.03. The van der Waals surface area contributed by atoms with Gasteiger partial charge >= 0.3 is 5.97 Å². The van der Waals surface area contributed by atoms with Crippen LogP contribution in [0.1, 0.15) is 40.0 Å². The summed E-state index contributed by atoms with van der Waals surface area (Å²) in [5.41, 5.74) is 0. The van der Waals surface area contributed by atoms with Crippen LogP contribution >= 0.6 is 0 Å². The summed E-state index contributed by atoms with van der Waals surface area (Å²) in [6.07, 6.45) is 2.68. The van der Waals surface area contributed by atoms with Gasteiger partial charge in [-0.25, -0.2) is 0 Å². The van der Waals surface area contributed by atoms with Crippen molar-refractivity contribution in [1.29, 1.82) is 0 Å². The third-order valence-electron chi connectivity index (χ3n) is 1.77. The molecule has 0 aromatic carbocycles. The van der Waals surface area contributed by atoms with Gasteiger partial charge in [0.15, 0.2) is 0 Å². The molecule has 0 aliphatic rings. The number of carbonyl (C=O) groups excluding carboxylic acids is 1. The molecule has 0 bridgehead atoms. The second-order valence-electron chi connectivity index (χ2n) is 2.68. The van der Waals surface area contributed by atoms with Crippen LogP contribution in [0.5, 0.6) is 0 Å². The van der Waals surface area contributed by atoms with Crippen LogP contribution < -0.4 is 0 Å². The molecule has 2 nitrogen and oxygen atoms in total. The second-order valence-corrected chi connectivity index (χ2v) is 2.68. The van der Waals surface area contributed by atoms with Crippen molar-refractivity contribution in [2.45, 2.75) is 40.0 Å². The van der Waals surface area contributed by atoms with Crippen molar-refractivity contribution in [1.82, 2.24) is 0 Å². The number of hydrogen-bond acceptors (Lipinski definition) is 2. The molecule has 0 aliphatic carbocycles. The third kappa shape index (κ3) is 4.02. The van der Waals surface area contributed by atoms with Crippen molar-refractivity contribution in [3.05, 3.63) is 0 Å². The van der Waals surface area contributed by atoms with Crippen LogP contribution in [0.25, 0.3) is 0 Å². The predicted octanol–water partition coefficient (Wildman–Crippen LogP) is 2.38. The minimum absolute atomic E-state index is 0.0307. The molecule has 0 saturated heterocycles. The van der Waals surface area contributed by atoms with Crippen LogP contribution in [-0.2, 0) is 9.53 Å². The number of esters is 1. The molecular formula is C9H18O2. The quantitative estimate of drug-likeness (QED) is 0.574. The minimum Gasteiger partial charge on any atom is -0.465 e. The molecule has 0 aromatic rings. The first-order valence-electron chi connectivity index (χ1n) is 4.42. The van der Waals surface area contributed by atoms with Gasteiger partial charge in [0.2, 0.25) is 0 Å². The fourth-order valence-electron chi connectivity index (χ4n) is 0.943. The minimum atomic E-state index is -0.0307. The molecule has 0 rings (SSSR count). The van der Waals surface area contributed by atoms with E-state index in [-0.39, 0.29) is 11.9 Å². The third-order valence-corrected chi connectivity index (χ3v) is 1.77. The van der Waals surface area contributed by atoms with Crippen molar-refractivity contribution >= 4 is 5.97 Å². The zero-order valence-electron chi connectivity index (χ0n) is 7.72. The molecule has 66 valence electrons. The van der Waals surface area contributed by atoms with Crippen molar-refractivity contribution in [3.8, 4) is 0 Å². The number of carbonyl (C=O) groups is 1. The molecule has 0 atom stereocenters. The van der Waals surface area contributed by atoms with Crippen LogP contribution in [0.2, 0.25) is 0 Å². The Labute approximate surface area is 68.9 Å². The molecular weight excluding hydrogens is 140 g/mol. The van der Waals surface area contributed by atoms with E-state index in [9.17, 15) is 4.79 Å². The van der Waals surface area contributed by atoms with Crippen molar-refractivity contribution < 1.29 is 9.53 Å². The highest BCUT2D eigenvalue weighted by Crippen LogP contribution is 2.09. The van der Waals surface area contributed by atoms with E-state index in [0.717, 1.165) is 19.3 Å². The summed E-state index contributed by atoms with van der Waals surface area (Å²) >= 11 is 0. The molecule has 0 radical (unpaired) electrons. The second kappa shape index (κ2) is 6.20. The van der Waals surface area contributed by atoms with E-state index in [1.54, 1.807) is 0 Å². The Morgan fingerprint density at radius 1 is 1.27 bits per heavy atom. The van der Waals surface area contributed by atoms with Crippen molar-refractivity contribution in [2.24, 2.45) is 5.92 Å². The molecule has 0 saturated carbocycles. The summed E-state index contributed by atoms with van der Waals surface area (Å²) in [6.45, 7) is 6.60. The summed E-state index contributed by atoms with van der Waals surface area (Å²) in [7, 11) is 0. The van der Waals surface area contributed by atoms with E-state index in [2.05, 4.69) is 0 Å². The van der Waals surface area contributed by atoms with Crippen LogP contribution in [0.3, 0.4) is 0 Å². The fourth-order valence-corrected chi connectivity index (χ4v) is 0.943. The van der Waals surface area contributed by atoms with Gasteiger partial charge in [-0.2, -0.15) is 0 Å². The van der Waals surface area contributed by atoms with Gasteiger partial charge in [0.1, 0.15) is 0 Å². The van der Waals surface area contributed by atoms with Gasteiger partial charge in [0.25, 0.3) is 0 Å². The van der Waals surface area contributed by atoms with E-state index in [0.29, 0.717) is 6.61 Å². The summed E-state index contributed by atoms with van der Waals surface area (Å²) in [5.74, 6) is 0.0819. The molecule has 0 heterocycles. The molecule has 2 heteroatoms. The maximum Gasteiger partial charge on any atom is 0.308 e. The average molecular weight is 158 g/mol. The van der Waals surface area contributed by atoms with Crippen molar-refractivity contribution in [2.75, 3.05) is 6.61 Å². The zero-order chi connectivity index (χ0) is 8.69. The Kier molecular flexibility index (Phi) is 5.90. The van der Waals surface area contributed by atoms with Crippen LogP contribution in [0, 0.1) is 5.92 Å². The van der Waals surface area contributed by atoms with E-state index in [1.165, 1.54) is 0 Å². The van der Waals surface area contributed by atoms with Gasteiger partial charge < -0.3 is 4.74 Å². The van der Waals surface area contributed by atoms with Gasteiger partial charge in [-0.1, -0.05) is 20.8 Å². The maximum atomic E-state index is 11.1. The Morgan fingerprint density at radius 2 is 1.82 bits per heavy atom. The van der Waals surface area contributed by atoms with Crippen LogP contribution in [0.15, 0.2) is 0 Å². The monoisotopic (exact) mass is 158 g/mol. The number of rotatable bonds is 5. The smallest absolute Gasteiger partial charge is 0.308 e. The van der Waals surface area contributed by atoms with E-state index in [4.69, 9.17) is 4.74 Å². The first-order chi connectivity index (χ1) is 5.26. The lowest BCUT2D eigenvalue weighted by molar-refractivity contribution is -0.148. The summed E-state index contributed by atoms with van der Waals surface area (Å²) < 4.78 is 5.00. The molecule has 0 aliphatic heterocycles.